The highest BCUT2D eigenvalue weighted by molar-refractivity contribution is 5.71. The zero-order valence-electron chi connectivity index (χ0n) is 8.15. The van der Waals surface area contributed by atoms with Crippen LogP contribution in [0.4, 0.5) is 0 Å². The third-order valence-corrected chi connectivity index (χ3v) is 2.12. The number of nitrogens with zero attached hydrogens (tertiary/aromatic N) is 3. The summed E-state index contributed by atoms with van der Waals surface area (Å²) >= 11 is 0. The molecule has 2 heterocycles. The monoisotopic (exact) mass is 175 g/mol. The Hall–Kier alpha value is -1.38. The van der Waals surface area contributed by atoms with Crippen LogP contribution in [0.2, 0.25) is 0 Å². The van der Waals surface area contributed by atoms with Gasteiger partial charge in [0.05, 0.1) is 11.8 Å². The summed E-state index contributed by atoms with van der Waals surface area (Å²) in [5, 5.41) is 0. The molecule has 0 amide bonds. The van der Waals surface area contributed by atoms with Gasteiger partial charge in [-0.1, -0.05) is 0 Å². The van der Waals surface area contributed by atoms with Gasteiger partial charge in [-0.15, -0.1) is 0 Å². The Labute approximate surface area is 77.4 Å². The van der Waals surface area contributed by atoms with Crippen LogP contribution in [0.1, 0.15) is 25.5 Å². The lowest BCUT2D eigenvalue weighted by atomic mass is 10.3. The van der Waals surface area contributed by atoms with Gasteiger partial charge in [-0.3, -0.25) is 0 Å². The first-order chi connectivity index (χ1) is 6.18. The van der Waals surface area contributed by atoms with Crippen molar-refractivity contribution in [2.75, 3.05) is 0 Å². The Morgan fingerprint density at radius 2 is 2.08 bits per heavy atom. The van der Waals surface area contributed by atoms with E-state index in [1.54, 1.807) is 0 Å². The highest BCUT2D eigenvalue weighted by Gasteiger charge is 2.05. The highest BCUT2D eigenvalue weighted by Crippen LogP contribution is 2.16. The predicted octanol–water partition coefficient (Wildman–Crippen LogP) is 2.32. The van der Waals surface area contributed by atoms with Gasteiger partial charge in [0.15, 0.2) is 5.65 Å². The van der Waals surface area contributed by atoms with E-state index in [9.17, 15) is 0 Å². The van der Waals surface area contributed by atoms with Crippen molar-refractivity contribution in [2.45, 2.75) is 26.8 Å². The molecule has 0 unspecified atom stereocenters. The molecule has 0 aromatic carbocycles. The van der Waals surface area contributed by atoms with E-state index in [2.05, 4.69) is 34.4 Å². The number of pyridine rings is 1. The Balaban J connectivity index is 2.71. The van der Waals surface area contributed by atoms with Crippen LogP contribution in [0.15, 0.2) is 18.6 Å². The number of hydrogen-bond donors (Lipinski definition) is 0. The molecule has 13 heavy (non-hydrogen) atoms. The second-order valence-electron chi connectivity index (χ2n) is 3.60. The smallest absolute Gasteiger partial charge is 0.177 e. The Bertz CT molecular complexity index is 429. The number of hydrogen-bond acceptors (Lipinski definition) is 2. The maximum atomic E-state index is 4.25. The van der Waals surface area contributed by atoms with E-state index in [1.165, 1.54) is 5.56 Å². The van der Waals surface area contributed by atoms with Gasteiger partial charge in [0.2, 0.25) is 0 Å². The zero-order chi connectivity index (χ0) is 9.42. The molecular formula is C10H13N3. The molecule has 0 radical (unpaired) electrons. The van der Waals surface area contributed by atoms with Crippen LogP contribution in [0.25, 0.3) is 11.2 Å². The van der Waals surface area contributed by atoms with Crippen molar-refractivity contribution in [1.82, 2.24) is 14.5 Å². The lowest BCUT2D eigenvalue weighted by molar-refractivity contribution is 0.617. The van der Waals surface area contributed by atoms with E-state index in [4.69, 9.17) is 0 Å². The van der Waals surface area contributed by atoms with Crippen molar-refractivity contribution in [1.29, 1.82) is 0 Å². The standard InChI is InChI=1S/C10H13N3/c1-7(2)13-6-12-10-9(13)4-8(3)5-11-10/h4-7H,1-3H3. The second-order valence-corrected chi connectivity index (χ2v) is 3.60. The summed E-state index contributed by atoms with van der Waals surface area (Å²) in [6, 6.07) is 2.56. The lowest BCUT2D eigenvalue weighted by Crippen LogP contribution is -1.98. The fourth-order valence-corrected chi connectivity index (χ4v) is 1.43. The van der Waals surface area contributed by atoms with E-state index < -0.39 is 0 Å². The quantitative estimate of drug-likeness (QED) is 0.666. The van der Waals surface area contributed by atoms with Gasteiger partial charge in [0.25, 0.3) is 0 Å². The molecule has 0 spiro atoms. The normalized spacial score (nSPS) is 11.4. The van der Waals surface area contributed by atoms with Gasteiger partial charge >= 0.3 is 0 Å². The van der Waals surface area contributed by atoms with E-state index in [1.807, 2.05) is 19.4 Å². The summed E-state index contributed by atoms with van der Waals surface area (Å²) in [7, 11) is 0. The van der Waals surface area contributed by atoms with Crippen molar-refractivity contribution in [3.05, 3.63) is 24.2 Å². The van der Waals surface area contributed by atoms with Crippen LogP contribution in [-0.2, 0) is 0 Å². The van der Waals surface area contributed by atoms with Crippen LogP contribution >= 0.6 is 0 Å². The molecule has 0 atom stereocenters. The van der Waals surface area contributed by atoms with Gasteiger partial charge in [-0.2, -0.15) is 0 Å². The average Bonchev–Trinajstić information content (AvgIpc) is 2.46. The molecule has 3 heteroatoms. The van der Waals surface area contributed by atoms with Crippen molar-refractivity contribution in [3.63, 3.8) is 0 Å². The molecule has 3 nitrogen and oxygen atoms in total. The van der Waals surface area contributed by atoms with Gasteiger partial charge in [-0.05, 0) is 32.4 Å². The summed E-state index contributed by atoms with van der Waals surface area (Å²) < 4.78 is 2.13. The van der Waals surface area contributed by atoms with E-state index in [0.717, 1.165) is 11.2 Å². The third kappa shape index (κ3) is 1.30. The second kappa shape index (κ2) is 2.83. The number of fused-ring (bicyclic) bond motifs is 1. The minimum Gasteiger partial charge on any atom is -0.327 e. The molecule has 2 aromatic heterocycles. The molecule has 0 bridgehead atoms. The van der Waals surface area contributed by atoms with Crippen LogP contribution in [-0.4, -0.2) is 14.5 Å². The molecule has 0 saturated carbocycles. The van der Waals surface area contributed by atoms with E-state index in [-0.39, 0.29) is 0 Å². The van der Waals surface area contributed by atoms with Crippen molar-refractivity contribution in [3.8, 4) is 0 Å². The topological polar surface area (TPSA) is 30.7 Å². The minimum atomic E-state index is 0.439. The minimum absolute atomic E-state index is 0.439. The van der Waals surface area contributed by atoms with Gasteiger partial charge in [-0.25, -0.2) is 9.97 Å². The molecule has 2 rings (SSSR count). The van der Waals surface area contributed by atoms with Gasteiger partial charge < -0.3 is 4.57 Å². The molecule has 0 aliphatic carbocycles. The molecule has 0 saturated heterocycles. The summed E-state index contributed by atoms with van der Waals surface area (Å²) in [6.07, 6.45) is 3.70. The van der Waals surface area contributed by atoms with E-state index in [0.29, 0.717) is 6.04 Å². The van der Waals surface area contributed by atoms with Gasteiger partial charge in [0.1, 0.15) is 0 Å². The maximum Gasteiger partial charge on any atom is 0.177 e. The number of aryl methyl sites for hydroxylation is 1. The van der Waals surface area contributed by atoms with Gasteiger partial charge in [0, 0.05) is 12.2 Å². The summed E-state index contributed by atoms with van der Waals surface area (Å²) in [4.78, 5) is 8.48. The number of aromatic nitrogens is 3. The fraction of sp³-hybridized carbons (Fsp3) is 0.400. The number of imidazole rings is 1. The lowest BCUT2D eigenvalue weighted by Gasteiger charge is -2.07. The molecule has 0 fully saturated rings. The zero-order valence-corrected chi connectivity index (χ0v) is 8.15. The highest BCUT2D eigenvalue weighted by atomic mass is 15.1. The third-order valence-electron chi connectivity index (χ3n) is 2.12. The summed E-state index contributed by atoms with van der Waals surface area (Å²) in [6.45, 7) is 6.33. The molecule has 68 valence electrons. The Morgan fingerprint density at radius 3 is 2.77 bits per heavy atom. The maximum absolute atomic E-state index is 4.25. The Morgan fingerprint density at radius 1 is 1.31 bits per heavy atom. The number of rotatable bonds is 1. The summed E-state index contributed by atoms with van der Waals surface area (Å²) in [5.74, 6) is 0. The largest absolute Gasteiger partial charge is 0.327 e. The predicted molar refractivity (Wildman–Crippen MR) is 52.7 cm³/mol. The van der Waals surface area contributed by atoms with Crippen molar-refractivity contribution >= 4 is 11.2 Å². The molecule has 0 aliphatic heterocycles. The van der Waals surface area contributed by atoms with Crippen LogP contribution in [0.5, 0.6) is 0 Å². The Kier molecular flexibility index (Phi) is 1.79. The van der Waals surface area contributed by atoms with Crippen LogP contribution in [0.3, 0.4) is 0 Å². The molecule has 0 N–H and O–H groups in total. The van der Waals surface area contributed by atoms with Crippen molar-refractivity contribution in [2.24, 2.45) is 0 Å². The molecular weight excluding hydrogens is 162 g/mol. The van der Waals surface area contributed by atoms with Crippen LogP contribution in [0, 0.1) is 6.92 Å². The van der Waals surface area contributed by atoms with Crippen LogP contribution < -0.4 is 0 Å². The summed E-state index contributed by atoms with van der Waals surface area (Å²) in [5.41, 5.74) is 3.13. The first kappa shape index (κ1) is 8.23. The first-order valence-electron chi connectivity index (χ1n) is 4.47. The fourth-order valence-electron chi connectivity index (χ4n) is 1.43. The SMILES string of the molecule is Cc1cnc2ncn(C(C)C)c2c1. The molecule has 0 aliphatic rings. The van der Waals surface area contributed by atoms with E-state index >= 15 is 0 Å². The average molecular weight is 175 g/mol. The first-order valence-corrected chi connectivity index (χ1v) is 4.47. The molecule has 2 aromatic rings. The van der Waals surface area contributed by atoms with Crippen molar-refractivity contribution < 1.29 is 0 Å².